The molecule has 1 heterocycles. The largest absolute Gasteiger partial charge is 0.490 e. The van der Waals surface area contributed by atoms with Crippen molar-refractivity contribution in [1.29, 1.82) is 0 Å². The van der Waals surface area contributed by atoms with Gasteiger partial charge in [-0.1, -0.05) is 44.2 Å². The van der Waals surface area contributed by atoms with Crippen LogP contribution in [0.4, 0.5) is 0 Å². The van der Waals surface area contributed by atoms with Crippen molar-refractivity contribution in [3.63, 3.8) is 0 Å². The van der Waals surface area contributed by atoms with Gasteiger partial charge in [0.15, 0.2) is 0 Å². The average Bonchev–Trinajstić information content (AvgIpc) is 2.59. The van der Waals surface area contributed by atoms with Crippen molar-refractivity contribution in [2.45, 2.75) is 65.6 Å². The molecule has 1 aliphatic rings. The van der Waals surface area contributed by atoms with Crippen LogP contribution in [0.2, 0.25) is 0 Å². The topological polar surface area (TPSA) is 18.5 Å². The minimum Gasteiger partial charge on any atom is -0.400 e. The van der Waals surface area contributed by atoms with Crippen LogP contribution in [0.3, 0.4) is 0 Å². The Morgan fingerprint density at radius 2 is 1.48 bits per heavy atom. The summed E-state index contributed by atoms with van der Waals surface area (Å²) in [6, 6.07) is 8.69. The van der Waals surface area contributed by atoms with Gasteiger partial charge in [-0.2, -0.15) is 0 Å². The predicted octanol–water partition coefficient (Wildman–Crippen LogP) is 4.84. The van der Waals surface area contributed by atoms with E-state index in [-0.39, 0.29) is 18.3 Å². The number of hydrogen-bond donors (Lipinski definition) is 0. The van der Waals surface area contributed by atoms with Gasteiger partial charge in [-0.05, 0) is 57.1 Å². The highest BCUT2D eigenvalue weighted by atomic mass is 16.7. The summed E-state index contributed by atoms with van der Waals surface area (Å²) >= 11 is 0. The first-order chi connectivity index (χ1) is 9.62. The Morgan fingerprint density at radius 1 is 1.00 bits per heavy atom. The molecule has 2 nitrogen and oxygen atoms in total. The lowest BCUT2D eigenvalue weighted by molar-refractivity contribution is 0.00578. The second-order valence-corrected chi connectivity index (χ2v) is 7.30. The summed E-state index contributed by atoms with van der Waals surface area (Å²) in [5.41, 5.74) is 3.08. The highest BCUT2D eigenvalue weighted by Gasteiger charge is 2.51. The van der Waals surface area contributed by atoms with Crippen molar-refractivity contribution < 1.29 is 9.31 Å². The zero-order valence-corrected chi connectivity index (χ0v) is 14.4. The third-order valence-corrected chi connectivity index (χ3v) is 4.62. The van der Waals surface area contributed by atoms with Gasteiger partial charge in [0, 0.05) is 0 Å². The molecule has 0 aliphatic carbocycles. The lowest BCUT2D eigenvalue weighted by Crippen LogP contribution is -2.41. The van der Waals surface area contributed by atoms with Gasteiger partial charge in [-0.25, -0.2) is 0 Å². The van der Waals surface area contributed by atoms with Crippen molar-refractivity contribution in [3.05, 3.63) is 40.9 Å². The maximum atomic E-state index is 6.07. The number of allylic oxidation sites excluding steroid dienone is 1. The third-order valence-electron chi connectivity index (χ3n) is 4.62. The van der Waals surface area contributed by atoms with E-state index in [1.54, 1.807) is 0 Å². The number of hydrogen-bond acceptors (Lipinski definition) is 2. The normalized spacial score (nSPS) is 21.1. The fourth-order valence-electron chi connectivity index (χ4n) is 2.34. The molecule has 114 valence electrons. The van der Waals surface area contributed by atoms with Crippen molar-refractivity contribution in [2.24, 2.45) is 0 Å². The molecule has 3 heteroatoms. The Bertz CT molecular complexity index is 511. The van der Waals surface area contributed by atoms with Gasteiger partial charge in [0.2, 0.25) is 0 Å². The van der Waals surface area contributed by atoms with E-state index in [9.17, 15) is 0 Å². The maximum absolute atomic E-state index is 6.07. The Morgan fingerprint density at radius 3 is 1.90 bits per heavy atom. The average molecular weight is 286 g/mol. The van der Waals surface area contributed by atoms with E-state index in [0.717, 1.165) is 5.47 Å². The van der Waals surface area contributed by atoms with E-state index in [1.165, 1.54) is 11.1 Å². The highest BCUT2D eigenvalue weighted by Crippen LogP contribution is 2.38. The molecule has 0 aromatic heterocycles. The van der Waals surface area contributed by atoms with Crippen LogP contribution in [-0.4, -0.2) is 18.3 Å². The maximum Gasteiger partial charge on any atom is 0.490 e. The lowest BCUT2D eigenvalue weighted by Gasteiger charge is -2.32. The fourth-order valence-corrected chi connectivity index (χ4v) is 2.34. The van der Waals surface area contributed by atoms with Gasteiger partial charge < -0.3 is 9.31 Å². The first kappa shape index (κ1) is 16.3. The standard InChI is InChI=1S/C18H27BO2/c1-13(2)16-10-8-15(9-11-16)12-14(3)19-20-17(4,5)18(6,7)21-19/h8-13H,1-7H3/b14-12+. The van der Waals surface area contributed by atoms with Crippen LogP contribution < -0.4 is 0 Å². The monoisotopic (exact) mass is 286 g/mol. The quantitative estimate of drug-likeness (QED) is 0.740. The van der Waals surface area contributed by atoms with Gasteiger partial charge in [0.1, 0.15) is 0 Å². The minimum atomic E-state index is -0.283. The predicted molar refractivity (Wildman–Crippen MR) is 90.3 cm³/mol. The molecule has 0 saturated carbocycles. The molecule has 1 aromatic rings. The molecule has 0 atom stereocenters. The van der Waals surface area contributed by atoms with Crippen LogP contribution >= 0.6 is 0 Å². The van der Waals surface area contributed by atoms with Gasteiger partial charge in [0.25, 0.3) is 0 Å². The van der Waals surface area contributed by atoms with Crippen LogP contribution in [0.25, 0.3) is 6.08 Å². The van der Waals surface area contributed by atoms with Crippen LogP contribution in [0, 0.1) is 0 Å². The van der Waals surface area contributed by atoms with Crippen molar-refractivity contribution in [3.8, 4) is 0 Å². The molecular formula is C18H27BO2. The Balaban J connectivity index is 2.15. The molecule has 1 aliphatic heterocycles. The van der Waals surface area contributed by atoms with Gasteiger partial charge in [-0.3, -0.25) is 0 Å². The van der Waals surface area contributed by atoms with E-state index in [4.69, 9.17) is 9.31 Å². The second kappa shape index (κ2) is 5.62. The Labute approximate surface area is 129 Å². The molecule has 1 saturated heterocycles. The summed E-state index contributed by atoms with van der Waals surface area (Å²) < 4.78 is 12.1. The molecule has 0 radical (unpaired) electrons. The summed E-state index contributed by atoms with van der Waals surface area (Å²) in [7, 11) is -0.264. The number of rotatable bonds is 3. The van der Waals surface area contributed by atoms with Gasteiger partial charge in [0.05, 0.1) is 11.2 Å². The van der Waals surface area contributed by atoms with Gasteiger partial charge >= 0.3 is 7.12 Å². The van der Waals surface area contributed by atoms with Gasteiger partial charge in [-0.15, -0.1) is 0 Å². The summed E-state index contributed by atoms with van der Waals surface area (Å²) in [6.07, 6.45) is 2.15. The first-order valence-electron chi connectivity index (χ1n) is 7.76. The van der Waals surface area contributed by atoms with Crippen molar-refractivity contribution in [2.75, 3.05) is 0 Å². The zero-order valence-electron chi connectivity index (χ0n) is 14.4. The Hall–Kier alpha value is -1.06. The van der Waals surface area contributed by atoms with Crippen LogP contribution in [0.1, 0.15) is 65.5 Å². The zero-order chi connectivity index (χ0) is 15.8. The molecule has 0 N–H and O–H groups in total. The molecule has 0 unspecified atom stereocenters. The van der Waals surface area contributed by atoms with Crippen LogP contribution in [-0.2, 0) is 9.31 Å². The van der Waals surface area contributed by atoms with E-state index < -0.39 is 0 Å². The van der Waals surface area contributed by atoms with E-state index in [1.807, 2.05) is 0 Å². The molecule has 0 spiro atoms. The molecule has 21 heavy (non-hydrogen) atoms. The molecule has 1 fully saturated rings. The van der Waals surface area contributed by atoms with Crippen molar-refractivity contribution >= 4 is 13.2 Å². The van der Waals surface area contributed by atoms with E-state index >= 15 is 0 Å². The van der Waals surface area contributed by atoms with Crippen LogP contribution in [0.5, 0.6) is 0 Å². The van der Waals surface area contributed by atoms with E-state index in [0.29, 0.717) is 5.92 Å². The van der Waals surface area contributed by atoms with Crippen LogP contribution in [0.15, 0.2) is 29.7 Å². The molecule has 0 amide bonds. The lowest BCUT2D eigenvalue weighted by atomic mass is 9.78. The van der Waals surface area contributed by atoms with Crippen molar-refractivity contribution in [1.82, 2.24) is 0 Å². The molecule has 0 bridgehead atoms. The summed E-state index contributed by atoms with van der Waals surface area (Å²) in [4.78, 5) is 0. The molecular weight excluding hydrogens is 259 g/mol. The SMILES string of the molecule is C/C(=C\c1ccc(C(C)C)cc1)B1OC(C)(C)C(C)(C)O1. The molecule has 2 rings (SSSR count). The smallest absolute Gasteiger partial charge is 0.400 e. The number of benzene rings is 1. The summed E-state index contributed by atoms with van der Waals surface area (Å²) in [5, 5.41) is 0. The second-order valence-electron chi connectivity index (χ2n) is 7.30. The highest BCUT2D eigenvalue weighted by molar-refractivity contribution is 6.55. The third kappa shape index (κ3) is 3.41. The summed E-state index contributed by atoms with van der Waals surface area (Å²) in [6.45, 7) is 14.8. The summed E-state index contributed by atoms with van der Waals surface area (Å²) in [5.74, 6) is 0.562. The fraction of sp³-hybridized carbons (Fsp3) is 0.556. The first-order valence-corrected chi connectivity index (χ1v) is 7.76. The minimum absolute atomic E-state index is 0.264. The van der Waals surface area contributed by atoms with E-state index in [2.05, 4.69) is 78.8 Å². The molecule has 1 aromatic carbocycles. The Kier molecular flexibility index (Phi) is 4.37.